The van der Waals surface area contributed by atoms with Crippen molar-refractivity contribution < 1.29 is 14.3 Å². The van der Waals surface area contributed by atoms with Crippen LogP contribution in [0, 0.1) is 11.8 Å². The highest BCUT2D eigenvalue weighted by Crippen LogP contribution is 2.21. The number of ether oxygens (including phenoxy) is 1. The molecule has 0 unspecified atom stereocenters. The predicted molar refractivity (Wildman–Crippen MR) is 84.0 cm³/mol. The number of hydrogen-bond acceptors (Lipinski definition) is 3. The fraction of sp³-hybridized carbons (Fsp3) is 0.529. The lowest BCUT2D eigenvalue weighted by Gasteiger charge is -2.35. The molecule has 0 aromatic heterocycles. The first-order valence-corrected chi connectivity index (χ1v) is 7.72. The summed E-state index contributed by atoms with van der Waals surface area (Å²) in [5.74, 6) is -0.313. The molecule has 1 aliphatic rings. The van der Waals surface area contributed by atoms with Gasteiger partial charge in [0, 0.05) is 12.5 Å². The van der Waals surface area contributed by atoms with Crippen molar-refractivity contribution in [1.29, 1.82) is 0 Å². The van der Waals surface area contributed by atoms with Gasteiger partial charge < -0.3 is 15.4 Å². The fourth-order valence-corrected chi connectivity index (χ4v) is 2.73. The van der Waals surface area contributed by atoms with E-state index in [1.54, 1.807) is 4.90 Å². The van der Waals surface area contributed by atoms with Crippen LogP contribution in [0.5, 0.6) is 0 Å². The van der Waals surface area contributed by atoms with Crippen LogP contribution in [0.25, 0.3) is 0 Å². The molecule has 5 nitrogen and oxygen atoms in total. The Balaban J connectivity index is 2.07. The molecule has 0 bridgehead atoms. The van der Waals surface area contributed by atoms with E-state index in [4.69, 9.17) is 10.5 Å². The Morgan fingerprint density at radius 2 is 2.00 bits per heavy atom. The van der Waals surface area contributed by atoms with Gasteiger partial charge in [0.25, 0.3) is 0 Å². The molecule has 2 rings (SSSR count). The number of primary amides is 1. The van der Waals surface area contributed by atoms with Gasteiger partial charge in [0.15, 0.2) is 6.10 Å². The van der Waals surface area contributed by atoms with Gasteiger partial charge >= 0.3 is 0 Å². The number of amides is 2. The number of rotatable bonds is 5. The molecule has 1 heterocycles. The van der Waals surface area contributed by atoms with Crippen molar-refractivity contribution >= 4 is 11.8 Å². The molecule has 0 radical (unpaired) electrons. The van der Waals surface area contributed by atoms with E-state index in [2.05, 4.69) is 13.8 Å². The summed E-state index contributed by atoms with van der Waals surface area (Å²) >= 11 is 0. The third-order valence-electron chi connectivity index (χ3n) is 4.12. The highest BCUT2D eigenvalue weighted by Gasteiger charge is 2.32. The highest BCUT2D eigenvalue weighted by molar-refractivity contribution is 5.83. The first-order valence-electron chi connectivity index (χ1n) is 7.72. The molecule has 0 spiro atoms. The van der Waals surface area contributed by atoms with E-state index in [1.165, 1.54) is 0 Å². The molecular formula is C17H24N2O3. The quantitative estimate of drug-likeness (QED) is 0.889. The van der Waals surface area contributed by atoms with Crippen molar-refractivity contribution in [2.45, 2.75) is 26.4 Å². The summed E-state index contributed by atoms with van der Waals surface area (Å²) < 4.78 is 5.31. The Labute approximate surface area is 131 Å². The minimum atomic E-state index is -0.692. The number of morpholine rings is 1. The maximum atomic E-state index is 12.8. The summed E-state index contributed by atoms with van der Waals surface area (Å²) in [7, 11) is 0. The zero-order valence-electron chi connectivity index (χ0n) is 13.2. The number of carbonyl (C=O) groups excluding carboxylic acids is 2. The van der Waals surface area contributed by atoms with Crippen molar-refractivity contribution in [1.82, 2.24) is 4.90 Å². The molecule has 0 aliphatic carbocycles. The molecule has 2 N–H and O–H groups in total. The second-order valence-corrected chi connectivity index (χ2v) is 6.09. The van der Waals surface area contributed by atoms with Gasteiger partial charge in [0.1, 0.15) is 0 Å². The monoisotopic (exact) mass is 304 g/mol. The van der Waals surface area contributed by atoms with E-state index in [9.17, 15) is 9.59 Å². The number of nitrogens with zero attached hydrogens (tertiary/aromatic N) is 1. The number of hydrogen-bond donors (Lipinski definition) is 1. The smallest absolute Gasteiger partial charge is 0.248 e. The van der Waals surface area contributed by atoms with Gasteiger partial charge in [0.05, 0.1) is 13.2 Å². The lowest BCUT2D eigenvalue weighted by Crippen LogP contribution is -2.52. The van der Waals surface area contributed by atoms with Gasteiger partial charge in [-0.05, 0) is 17.9 Å². The van der Waals surface area contributed by atoms with E-state index < -0.39 is 12.0 Å². The Kier molecular flexibility index (Phi) is 5.55. The van der Waals surface area contributed by atoms with Crippen LogP contribution in [0.4, 0.5) is 0 Å². The summed E-state index contributed by atoms with van der Waals surface area (Å²) in [6.07, 6.45) is 0.0119. The van der Waals surface area contributed by atoms with Crippen LogP contribution in [0.2, 0.25) is 0 Å². The van der Waals surface area contributed by atoms with Crippen LogP contribution in [0.3, 0.4) is 0 Å². The van der Waals surface area contributed by atoms with Crippen molar-refractivity contribution in [3.05, 3.63) is 35.9 Å². The van der Waals surface area contributed by atoms with Gasteiger partial charge in [-0.25, -0.2) is 0 Å². The van der Waals surface area contributed by atoms with Crippen LogP contribution in [0.1, 0.15) is 19.4 Å². The first-order chi connectivity index (χ1) is 10.5. The van der Waals surface area contributed by atoms with Gasteiger partial charge in [-0.1, -0.05) is 44.2 Å². The Morgan fingerprint density at radius 3 is 2.59 bits per heavy atom. The Bertz CT molecular complexity index is 516. The summed E-state index contributed by atoms with van der Waals surface area (Å²) in [6, 6.07) is 10.0. The number of benzene rings is 1. The number of carbonyl (C=O) groups is 2. The highest BCUT2D eigenvalue weighted by atomic mass is 16.5. The molecular weight excluding hydrogens is 280 g/mol. The number of nitrogens with two attached hydrogens (primary N) is 1. The third kappa shape index (κ3) is 4.07. The van der Waals surface area contributed by atoms with Crippen molar-refractivity contribution in [2.75, 3.05) is 19.7 Å². The van der Waals surface area contributed by atoms with Crippen molar-refractivity contribution in [2.24, 2.45) is 17.6 Å². The average molecular weight is 304 g/mol. The van der Waals surface area contributed by atoms with Crippen molar-refractivity contribution in [3.8, 4) is 0 Å². The molecule has 1 aliphatic heterocycles. The molecule has 22 heavy (non-hydrogen) atoms. The Morgan fingerprint density at radius 1 is 1.32 bits per heavy atom. The summed E-state index contributed by atoms with van der Waals surface area (Å²) in [5.41, 5.74) is 6.43. The topological polar surface area (TPSA) is 72.6 Å². The SMILES string of the molecule is CC(C)[C@H](Cc1ccccc1)C(=O)N1CCO[C@@H](C(N)=O)C1. The summed E-state index contributed by atoms with van der Waals surface area (Å²) in [5, 5.41) is 0. The summed E-state index contributed by atoms with van der Waals surface area (Å²) in [4.78, 5) is 25.8. The second kappa shape index (κ2) is 7.40. The molecule has 1 fully saturated rings. The normalized spacial score (nSPS) is 20.0. The fourth-order valence-electron chi connectivity index (χ4n) is 2.73. The van der Waals surface area contributed by atoms with Gasteiger partial charge in [-0.3, -0.25) is 9.59 Å². The molecule has 120 valence electrons. The van der Waals surface area contributed by atoms with E-state index in [-0.39, 0.29) is 24.3 Å². The molecule has 0 saturated carbocycles. The zero-order chi connectivity index (χ0) is 16.1. The predicted octanol–water partition coefficient (Wildman–Crippen LogP) is 1.21. The van der Waals surface area contributed by atoms with Gasteiger partial charge in [0.2, 0.25) is 11.8 Å². The van der Waals surface area contributed by atoms with E-state index in [0.717, 1.165) is 5.56 Å². The van der Waals surface area contributed by atoms with Gasteiger partial charge in [-0.15, -0.1) is 0 Å². The van der Waals surface area contributed by atoms with Crippen LogP contribution >= 0.6 is 0 Å². The molecule has 2 amide bonds. The summed E-state index contributed by atoms with van der Waals surface area (Å²) in [6.45, 7) is 5.23. The van der Waals surface area contributed by atoms with Crippen molar-refractivity contribution in [3.63, 3.8) is 0 Å². The van der Waals surface area contributed by atoms with Gasteiger partial charge in [-0.2, -0.15) is 0 Å². The first kappa shape index (κ1) is 16.5. The second-order valence-electron chi connectivity index (χ2n) is 6.09. The maximum absolute atomic E-state index is 12.8. The van der Waals surface area contributed by atoms with E-state index >= 15 is 0 Å². The minimum absolute atomic E-state index is 0.0772. The molecule has 5 heteroatoms. The van der Waals surface area contributed by atoms with Crippen LogP contribution in [-0.2, 0) is 20.7 Å². The van der Waals surface area contributed by atoms with Crippen LogP contribution in [0.15, 0.2) is 30.3 Å². The average Bonchev–Trinajstić information content (AvgIpc) is 2.53. The lowest BCUT2D eigenvalue weighted by molar-refractivity contribution is -0.149. The molecule has 1 aromatic rings. The zero-order valence-corrected chi connectivity index (χ0v) is 13.2. The maximum Gasteiger partial charge on any atom is 0.248 e. The molecule has 1 aromatic carbocycles. The Hall–Kier alpha value is -1.88. The van der Waals surface area contributed by atoms with E-state index in [1.807, 2.05) is 30.3 Å². The van der Waals surface area contributed by atoms with E-state index in [0.29, 0.717) is 19.6 Å². The minimum Gasteiger partial charge on any atom is -0.367 e. The third-order valence-corrected chi connectivity index (χ3v) is 4.12. The molecule has 2 atom stereocenters. The van der Waals surface area contributed by atoms with Crippen LogP contribution in [-0.4, -0.2) is 42.5 Å². The largest absolute Gasteiger partial charge is 0.367 e. The lowest BCUT2D eigenvalue weighted by atomic mass is 9.87. The standard InChI is InChI=1S/C17H24N2O3/c1-12(2)14(10-13-6-4-3-5-7-13)17(21)19-8-9-22-15(11-19)16(18)20/h3-7,12,14-15H,8-11H2,1-2H3,(H2,18,20)/t14-,15+/m0/s1. The molecule has 1 saturated heterocycles. The van der Waals surface area contributed by atoms with Crippen LogP contribution < -0.4 is 5.73 Å².